The minimum absolute atomic E-state index is 0.287. The van der Waals surface area contributed by atoms with E-state index in [2.05, 4.69) is 10.2 Å². The zero-order chi connectivity index (χ0) is 6.27. The van der Waals surface area contributed by atoms with Gasteiger partial charge in [0.2, 0.25) is 0 Å². The van der Waals surface area contributed by atoms with Crippen LogP contribution in [0.25, 0.3) is 0 Å². The average molecular weight is 124 g/mol. The van der Waals surface area contributed by atoms with Crippen LogP contribution >= 0.6 is 0 Å². The molecule has 0 amide bonds. The summed E-state index contributed by atoms with van der Waals surface area (Å²) in [5, 5.41) is 6.89. The summed E-state index contributed by atoms with van der Waals surface area (Å²) in [6.07, 6.45) is 0.287. The first kappa shape index (κ1) is 4.99. The van der Waals surface area contributed by atoms with Gasteiger partial charge in [-0.2, -0.15) is 5.10 Å². The molecule has 0 bridgehead atoms. The molecule has 1 aromatic rings. The molecule has 1 N–H and O–H groups in total. The van der Waals surface area contributed by atoms with Gasteiger partial charge in [-0.1, -0.05) is 0 Å². The van der Waals surface area contributed by atoms with Crippen molar-refractivity contribution in [2.75, 3.05) is 6.61 Å². The Hall–Kier alpha value is -0.830. The molecule has 48 valence electrons. The van der Waals surface area contributed by atoms with E-state index < -0.39 is 0 Å². The molecule has 0 aromatic carbocycles. The van der Waals surface area contributed by atoms with Crippen molar-refractivity contribution in [3.63, 3.8) is 0 Å². The molecule has 1 aliphatic rings. The van der Waals surface area contributed by atoms with Gasteiger partial charge in [0.15, 0.2) is 0 Å². The van der Waals surface area contributed by atoms with E-state index in [1.807, 2.05) is 13.0 Å². The number of aromatic amines is 1. The number of aromatic nitrogens is 2. The van der Waals surface area contributed by atoms with Crippen LogP contribution in [0.4, 0.5) is 0 Å². The smallest absolute Gasteiger partial charge is 0.125 e. The number of epoxide rings is 1. The third kappa shape index (κ3) is 0.833. The standard InChI is InChI=1S/C6H8N2O/c1-4-2-5(8-7-4)6-3-9-6/h2,6H,3H2,1H3,(H,7,8). The Labute approximate surface area is 53.0 Å². The fraction of sp³-hybridized carbons (Fsp3) is 0.500. The van der Waals surface area contributed by atoms with Gasteiger partial charge in [-0.15, -0.1) is 0 Å². The molecule has 3 nitrogen and oxygen atoms in total. The maximum absolute atomic E-state index is 5.03. The SMILES string of the molecule is Cc1cc(C2CO2)n[nH]1. The lowest BCUT2D eigenvalue weighted by Crippen LogP contribution is -1.77. The van der Waals surface area contributed by atoms with Crippen LogP contribution in [0.15, 0.2) is 6.07 Å². The third-order valence-corrected chi connectivity index (χ3v) is 1.39. The van der Waals surface area contributed by atoms with E-state index in [-0.39, 0.29) is 6.10 Å². The summed E-state index contributed by atoms with van der Waals surface area (Å²) in [6.45, 7) is 2.82. The number of rotatable bonds is 1. The molecular weight excluding hydrogens is 116 g/mol. The molecule has 1 fully saturated rings. The lowest BCUT2D eigenvalue weighted by molar-refractivity contribution is 0.411. The largest absolute Gasteiger partial charge is 0.366 e. The molecule has 0 spiro atoms. The van der Waals surface area contributed by atoms with Gasteiger partial charge < -0.3 is 4.74 Å². The topological polar surface area (TPSA) is 41.2 Å². The normalized spacial score (nSPS) is 24.3. The molecule has 2 rings (SSSR count). The first-order valence-corrected chi connectivity index (χ1v) is 3.00. The monoisotopic (exact) mass is 124 g/mol. The van der Waals surface area contributed by atoms with Crippen molar-refractivity contribution < 1.29 is 4.74 Å². The van der Waals surface area contributed by atoms with Gasteiger partial charge in [0.05, 0.1) is 12.3 Å². The van der Waals surface area contributed by atoms with Crippen molar-refractivity contribution in [3.05, 3.63) is 17.5 Å². The minimum atomic E-state index is 0.287. The summed E-state index contributed by atoms with van der Waals surface area (Å²) in [5.74, 6) is 0. The van der Waals surface area contributed by atoms with Crippen molar-refractivity contribution in [2.24, 2.45) is 0 Å². The van der Waals surface area contributed by atoms with Crippen molar-refractivity contribution >= 4 is 0 Å². The molecule has 0 saturated carbocycles. The zero-order valence-corrected chi connectivity index (χ0v) is 5.22. The highest BCUT2D eigenvalue weighted by Gasteiger charge is 2.26. The zero-order valence-electron chi connectivity index (χ0n) is 5.22. The van der Waals surface area contributed by atoms with Crippen LogP contribution in [-0.4, -0.2) is 16.8 Å². The lowest BCUT2D eigenvalue weighted by Gasteiger charge is -1.77. The van der Waals surface area contributed by atoms with E-state index in [1.54, 1.807) is 0 Å². The van der Waals surface area contributed by atoms with E-state index >= 15 is 0 Å². The number of ether oxygens (including phenoxy) is 1. The van der Waals surface area contributed by atoms with E-state index in [1.165, 1.54) is 0 Å². The van der Waals surface area contributed by atoms with E-state index in [4.69, 9.17) is 4.74 Å². The van der Waals surface area contributed by atoms with Crippen molar-refractivity contribution in [2.45, 2.75) is 13.0 Å². The second-order valence-corrected chi connectivity index (χ2v) is 2.30. The molecule has 1 unspecified atom stereocenters. The van der Waals surface area contributed by atoms with Crippen LogP contribution in [0.2, 0.25) is 0 Å². The number of H-pyrrole nitrogens is 1. The minimum Gasteiger partial charge on any atom is -0.366 e. The second-order valence-electron chi connectivity index (χ2n) is 2.30. The van der Waals surface area contributed by atoms with E-state index in [9.17, 15) is 0 Å². The molecule has 1 aromatic heterocycles. The predicted molar refractivity (Wildman–Crippen MR) is 32.0 cm³/mol. The Balaban J connectivity index is 2.28. The Morgan fingerprint density at radius 2 is 2.67 bits per heavy atom. The molecule has 0 radical (unpaired) electrons. The Bertz CT molecular complexity index is 215. The lowest BCUT2D eigenvalue weighted by atomic mass is 10.3. The van der Waals surface area contributed by atoms with Crippen LogP contribution in [0.3, 0.4) is 0 Å². The number of aryl methyl sites for hydroxylation is 1. The molecule has 3 heteroatoms. The van der Waals surface area contributed by atoms with Gasteiger partial charge in [-0.25, -0.2) is 0 Å². The third-order valence-electron chi connectivity index (χ3n) is 1.39. The first-order valence-electron chi connectivity index (χ1n) is 3.00. The van der Waals surface area contributed by atoms with Crippen molar-refractivity contribution in [1.82, 2.24) is 10.2 Å². The van der Waals surface area contributed by atoms with Crippen LogP contribution in [0.1, 0.15) is 17.5 Å². The van der Waals surface area contributed by atoms with Crippen LogP contribution < -0.4 is 0 Å². The summed E-state index contributed by atoms with van der Waals surface area (Å²) < 4.78 is 5.03. The number of nitrogens with one attached hydrogen (secondary N) is 1. The number of nitrogens with zero attached hydrogens (tertiary/aromatic N) is 1. The Morgan fingerprint density at radius 1 is 1.89 bits per heavy atom. The highest BCUT2D eigenvalue weighted by Crippen LogP contribution is 2.27. The van der Waals surface area contributed by atoms with Gasteiger partial charge in [0.25, 0.3) is 0 Å². The average Bonchev–Trinajstić information content (AvgIpc) is 2.58. The summed E-state index contributed by atoms with van der Waals surface area (Å²) in [4.78, 5) is 0. The molecule has 1 atom stereocenters. The van der Waals surface area contributed by atoms with Gasteiger partial charge >= 0.3 is 0 Å². The van der Waals surface area contributed by atoms with Gasteiger partial charge in [-0.05, 0) is 13.0 Å². The molecule has 2 heterocycles. The van der Waals surface area contributed by atoms with E-state index in [0.717, 1.165) is 18.0 Å². The highest BCUT2D eigenvalue weighted by atomic mass is 16.6. The predicted octanol–water partition coefficient (Wildman–Crippen LogP) is 0.789. The quantitative estimate of drug-likeness (QED) is 0.562. The van der Waals surface area contributed by atoms with Crippen LogP contribution in [0.5, 0.6) is 0 Å². The summed E-state index contributed by atoms with van der Waals surface area (Å²) in [5.41, 5.74) is 2.13. The summed E-state index contributed by atoms with van der Waals surface area (Å²) in [6, 6.07) is 2.01. The molecular formula is C6H8N2O. The van der Waals surface area contributed by atoms with Crippen LogP contribution in [-0.2, 0) is 4.74 Å². The van der Waals surface area contributed by atoms with Gasteiger partial charge in [0.1, 0.15) is 6.10 Å². The van der Waals surface area contributed by atoms with Crippen LogP contribution in [0, 0.1) is 6.92 Å². The number of hydrogen-bond donors (Lipinski definition) is 1. The maximum atomic E-state index is 5.03. The van der Waals surface area contributed by atoms with Gasteiger partial charge in [-0.3, -0.25) is 5.10 Å². The molecule has 1 aliphatic heterocycles. The molecule has 1 saturated heterocycles. The molecule has 9 heavy (non-hydrogen) atoms. The summed E-state index contributed by atoms with van der Waals surface area (Å²) >= 11 is 0. The highest BCUT2D eigenvalue weighted by molar-refractivity contribution is 5.12. The first-order chi connectivity index (χ1) is 4.36. The molecule has 0 aliphatic carbocycles. The van der Waals surface area contributed by atoms with Gasteiger partial charge in [0, 0.05) is 5.69 Å². The van der Waals surface area contributed by atoms with Crippen molar-refractivity contribution in [1.29, 1.82) is 0 Å². The summed E-state index contributed by atoms with van der Waals surface area (Å²) in [7, 11) is 0. The second kappa shape index (κ2) is 1.57. The Kier molecular flexibility index (Phi) is 0.873. The van der Waals surface area contributed by atoms with Crippen molar-refractivity contribution in [3.8, 4) is 0 Å². The van der Waals surface area contributed by atoms with E-state index in [0.29, 0.717) is 0 Å². The fourth-order valence-corrected chi connectivity index (χ4v) is 0.823. The fourth-order valence-electron chi connectivity index (χ4n) is 0.823. The Morgan fingerprint density at radius 3 is 3.11 bits per heavy atom. The maximum Gasteiger partial charge on any atom is 0.125 e. The number of hydrogen-bond acceptors (Lipinski definition) is 2.